The highest BCUT2D eigenvalue weighted by molar-refractivity contribution is 5.99. The van der Waals surface area contributed by atoms with Gasteiger partial charge >= 0.3 is 6.18 Å². The number of hydrogen-bond donors (Lipinski definition) is 1. The van der Waals surface area contributed by atoms with Crippen molar-refractivity contribution in [2.75, 3.05) is 45.1 Å². The summed E-state index contributed by atoms with van der Waals surface area (Å²) in [5, 5.41) is 2.89. The van der Waals surface area contributed by atoms with Crippen LogP contribution in [-0.4, -0.2) is 66.6 Å². The summed E-state index contributed by atoms with van der Waals surface area (Å²) in [6, 6.07) is 1.61. The van der Waals surface area contributed by atoms with Crippen LogP contribution in [0, 0.1) is 0 Å². The molecule has 1 fully saturated rings. The molecule has 1 N–H and O–H groups in total. The molecule has 0 aromatic carbocycles. The summed E-state index contributed by atoms with van der Waals surface area (Å²) in [5.41, 5.74) is 1.09. The third-order valence-electron chi connectivity index (χ3n) is 3.38. The Morgan fingerprint density at radius 1 is 1.33 bits per heavy atom. The number of aromatic nitrogens is 1. The number of carbonyl (C=O) groups excluding carboxylic acids is 1. The zero-order valence-corrected chi connectivity index (χ0v) is 11.7. The van der Waals surface area contributed by atoms with Gasteiger partial charge in [0, 0.05) is 39.4 Å². The fourth-order valence-corrected chi connectivity index (χ4v) is 2.31. The van der Waals surface area contributed by atoms with E-state index in [2.05, 4.69) is 10.3 Å². The summed E-state index contributed by atoms with van der Waals surface area (Å²) in [5.74, 6) is -0.187. The van der Waals surface area contributed by atoms with Crippen molar-refractivity contribution in [3.05, 3.63) is 24.0 Å². The minimum absolute atomic E-state index is 0.187. The molecule has 5 nitrogen and oxygen atoms in total. The summed E-state index contributed by atoms with van der Waals surface area (Å²) in [6.45, 7) is 0.114. The lowest BCUT2D eigenvalue weighted by Gasteiger charge is -2.35. The molecule has 0 unspecified atom stereocenters. The smallest absolute Gasteiger partial charge is 0.386 e. The summed E-state index contributed by atoms with van der Waals surface area (Å²) >= 11 is 0. The van der Waals surface area contributed by atoms with Crippen molar-refractivity contribution < 1.29 is 18.0 Å². The molecule has 1 aromatic rings. The minimum Gasteiger partial charge on any atom is -0.386 e. The minimum atomic E-state index is -4.20. The van der Waals surface area contributed by atoms with E-state index in [1.54, 1.807) is 24.2 Å². The van der Waals surface area contributed by atoms with E-state index in [-0.39, 0.29) is 19.0 Å². The Kier molecular flexibility index (Phi) is 4.66. The first kappa shape index (κ1) is 15.6. The lowest BCUT2D eigenvalue weighted by molar-refractivity contribution is -0.148. The first-order chi connectivity index (χ1) is 9.90. The molecule has 1 aliphatic rings. The number of pyridine rings is 1. The zero-order chi connectivity index (χ0) is 15.5. The maximum atomic E-state index is 12.4. The number of nitrogens with one attached hydrogen (secondary N) is 1. The SMILES string of the molecule is CNc1cnccc1C(=O)N1CCN(CC(F)(F)F)CC1. The number of piperazine rings is 1. The first-order valence-electron chi connectivity index (χ1n) is 6.61. The van der Waals surface area contributed by atoms with Gasteiger partial charge < -0.3 is 10.2 Å². The Morgan fingerprint density at radius 2 is 2.00 bits per heavy atom. The number of halogens is 3. The van der Waals surface area contributed by atoms with E-state index in [0.717, 1.165) is 0 Å². The van der Waals surface area contributed by atoms with E-state index >= 15 is 0 Å². The highest BCUT2D eigenvalue weighted by Gasteiger charge is 2.33. The van der Waals surface area contributed by atoms with E-state index in [0.29, 0.717) is 24.3 Å². The van der Waals surface area contributed by atoms with Crippen LogP contribution in [0.2, 0.25) is 0 Å². The average molecular weight is 302 g/mol. The second-order valence-electron chi connectivity index (χ2n) is 4.85. The number of carbonyl (C=O) groups is 1. The van der Waals surface area contributed by atoms with Gasteiger partial charge in [-0.3, -0.25) is 14.7 Å². The summed E-state index contributed by atoms with van der Waals surface area (Å²) < 4.78 is 37.0. The normalized spacial score (nSPS) is 16.9. The molecule has 2 rings (SSSR count). The van der Waals surface area contributed by atoms with Crippen LogP contribution in [0.25, 0.3) is 0 Å². The van der Waals surface area contributed by atoms with E-state index in [1.807, 2.05) is 0 Å². The van der Waals surface area contributed by atoms with E-state index in [1.165, 1.54) is 11.1 Å². The van der Waals surface area contributed by atoms with Crippen molar-refractivity contribution in [2.24, 2.45) is 0 Å². The van der Waals surface area contributed by atoms with Crippen LogP contribution < -0.4 is 5.32 Å². The fraction of sp³-hybridized carbons (Fsp3) is 0.538. The molecule has 0 radical (unpaired) electrons. The summed E-state index contributed by atoms with van der Waals surface area (Å²) in [7, 11) is 1.69. The second-order valence-corrected chi connectivity index (χ2v) is 4.85. The highest BCUT2D eigenvalue weighted by Crippen LogP contribution is 2.19. The standard InChI is InChI=1S/C13H17F3N4O/c1-17-11-8-18-3-2-10(11)12(21)20-6-4-19(5-7-20)9-13(14,15)16/h2-3,8,17H,4-7,9H2,1H3. The summed E-state index contributed by atoms with van der Waals surface area (Å²) in [6.07, 6.45) is -1.13. The van der Waals surface area contributed by atoms with Crippen molar-refractivity contribution in [3.8, 4) is 0 Å². The maximum Gasteiger partial charge on any atom is 0.401 e. The van der Waals surface area contributed by atoms with Gasteiger partial charge in [0.05, 0.1) is 24.0 Å². The maximum absolute atomic E-state index is 12.4. The van der Waals surface area contributed by atoms with E-state index in [9.17, 15) is 18.0 Å². The number of alkyl halides is 3. The van der Waals surface area contributed by atoms with E-state index < -0.39 is 12.7 Å². The van der Waals surface area contributed by atoms with Crippen LogP contribution in [0.3, 0.4) is 0 Å². The van der Waals surface area contributed by atoms with Gasteiger partial charge in [0.25, 0.3) is 5.91 Å². The monoisotopic (exact) mass is 302 g/mol. The average Bonchev–Trinajstić information content (AvgIpc) is 2.45. The van der Waals surface area contributed by atoms with Gasteiger partial charge in [-0.2, -0.15) is 13.2 Å². The molecule has 1 aliphatic heterocycles. The molecule has 2 heterocycles. The number of hydrogen-bond acceptors (Lipinski definition) is 4. The number of rotatable bonds is 3. The van der Waals surface area contributed by atoms with Crippen LogP contribution >= 0.6 is 0 Å². The van der Waals surface area contributed by atoms with Gasteiger partial charge in [-0.25, -0.2) is 0 Å². The lowest BCUT2D eigenvalue weighted by Crippen LogP contribution is -2.51. The van der Waals surface area contributed by atoms with Gasteiger partial charge in [0.1, 0.15) is 0 Å². The van der Waals surface area contributed by atoms with Crippen LogP contribution in [0.15, 0.2) is 18.5 Å². The van der Waals surface area contributed by atoms with Crippen molar-refractivity contribution in [1.29, 1.82) is 0 Å². The molecule has 0 aliphatic carbocycles. The van der Waals surface area contributed by atoms with Crippen LogP contribution in [0.1, 0.15) is 10.4 Å². The summed E-state index contributed by atoms with van der Waals surface area (Å²) in [4.78, 5) is 19.2. The number of nitrogens with zero attached hydrogens (tertiary/aromatic N) is 3. The van der Waals surface area contributed by atoms with Crippen LogP contribution in [-0.2, 0) is 0 Å². The number of anilines is 1. The molecule has 0 bridgehead atoms. The predicted octanol–water partition coefficient (Wildman–Crippen LogP) is 1.44. The molecule has 1 aromatic heterocycles. The molecule has 8 heteroatoms. The fourth-order valence-electron chi connectivity index (χ4n) is 2.31. The Bertz CT molecular complexity index is 498. The largest absolute Gasteiger partial charge is 0.401 e. The molecule has 0 saturated carbocycles. The van der Waals surface area contributed by atoms with Gasteiger partial charge in [-0.05, 0) is 6.07 Å². The van der Waals surface area contributed by atoms with Gasteiger partial charge in [-0.15, -0.1) is 0 Å². The second kappa shape index (κ2) is 6.30. The zero-order valence-electron chi connectivity index (χ0n) is 11.7. The van der Waals surface area contributed by atoms with Crippen molar-refractivity contribution in [1.82, 2.24) is 14.8 Å². The lowest BCUT2D eigenvalue weighted by atomic mass is 10.2. The van der Waals surface area contributed by atoms with Gasteiger partial charge in [0.2, 0.25) is 0 Å². The predicted molar refractivity (Wildman–Crippen MR) is 72.2 cm³/mol. The Morgan fingerprint density at radius 3 is 2.57 bits per heavy atom. The van der Waals surface area contributed by atoms with Crippen LogP contribution in [0.5, 0.6) is 0 Å². The van der Waals surface area contributed by atoms with Crippen molar-refractivity contribution in [3.63, 3.8) is 0 Å². The van der Waals surface area contributed by atoms with Gasteiger partial charge in [0.15, 0.2) is 0 Å². The van der Waals surface area contributed by atoms with Gasteiger partial charge in [-0.1, -0.05) is 0 Å². The topological polar surface area (TPSA) is 48.5 Å². The molecular formula is C13H17F3N4O. The Labute approximate surface area is 120 Å². The van der Waals surface area contributed by atoms with Crippen molar-refractivity contribution in [2.45, 2.75) is 6.18 Å². The Hall–Kier alpha value is -1.83. The van der Waals surface area contributed by atoms with Crippen LogP contribution in [0.4, 0.5) is 18.9 Å². The van der Waals surface area contributed by atoms with E-state index in [4.69, 9.17) is 0 Å². The molecule has 21 heavy (non-hydrogen) atoms. The third-order valence-corrected chi connectivity index (χ3v) is 3.38. The molecule has 1 saturated heterocycles. The molecule has 116 valence electrons. The molecule has 0 spiro atoms. The first-order valence-corrected chi connectivity index (χ1v) is 6.61. The quantitative estimate of drug-likeness (QED) is 0.918. The Balaban J connectivity index is 1.97. The molecular weight excluding hydrogens is 285 g/mol. The number of amides is 1. The highest BCUT2D eigenvalue weighted by atomic mass is 19.4. The molecule has 1 amide bonds. The molecule has 0 atom stereocenters. The third kappa shape index (κ3) is 4.07. The van der Waals surface area contributed by atoms with Crippen molar-refractivity contribution >= 4 is 11.6 Å².